The van der Waals surface area contributed by atoms with Crippen LogP contribution in [-0.2, 0) is 31.8 Å². The molecule has 1 aromatic carbocycles. The van der Waals surface area contributed by atoms with Gasteiger partial charge in [-0.15, -0.1) is 0 Å². The molecule has 28 heavy (non-hydrogen) atoms. The molecule has 1 amide bonds. The van der Waals surface area contributed by atoms with Crippen LogP contribution >= 0.6 is 0 Å². The van der Waals surface area contributed by atoms with Crippen LogP contribution in [0.5, 0.6) is 0 Å². The standard InChI is InChI=1S/C21H30N2O4S/c1-3-4-5-8-16-28(26)22-15-9-12-20(17(2)24)27-23-19-11-7-6-10-18(19)13-14-21(23)25/h6-7,10-11,15,20H,3-5,8-9,12-14,16H2,1-2H3/b22-15+. The molecule has 2 rings (SSSR count). The molecule has 0 saturated carbocycles. The number of Topliss-reactive ketones (excluding diaryl/α,β-unsaturated/α-hetero) is 1. The summed E-state index contributed by atoms with van der Waals surface area (Å²) < 4.78 is 15.9. The van der Waals surface area contributed by atoms with Crippen LogP contribution in [0.25, 0.3) is 0 Å². The average molecular weight is 407 g/mol. The Morgan fingerprint density at radius 1 is 1.29 bits per heavy atom. The fourth-order valence-corrected chi connectivity index (χ4v) is 3.87. The molecule has 0 fully saturated rings. The number of unbranched alkanes of at least 4 members (excludes halogenated alkanes) is 3. The Labute approximate surface area is 169 Å². The first-order valence-corrected chi connectivity index (χ1v) is 11.3. The van der Waals surface area contributed by atoms with Crippen molar-refractivity contribution < 1.29 is 18.6 Å². The number of aryl methyl sites for hydroxylation is 1. The monoisotopic (exact) mass is 406 g/mol. The van der Waals surface area contributed by atoms with E-state index in [9.17, 15) is 13.8 Å². The van der Waals surface area contributed by atoms with E-state index in [1.807, 2.05) is 24.3 Å². The van der Waals surface area contributed by atoms with Crippen molar-refractivity contribution in [2.75, 3.05) is 10.8 Å². The highest BCUT2D eigenvalue weighted by molar-refractivity contribution is 7.83. The summed E-state index contributed by atoms with van der Waals surface area (Å²) in [5.41, 5.74) is 1.73. The molecule has 0 N–H and O–H groups in total. The highest BCUT2D eigenvalue weighted by Gasteiger charge is 2.28. The summed E-state index contributed by atoms with van der Waals surface area (Å²) in [7, 11) is -1.21. The number of anilines is 1. The van der Waals surface area contributed by atoms with Crippen molar-refractivity contribution in [2.24, 2.45) is 4.40 Å². The predicted octanol–water partition coefficient (Wildman–Crippen LogP) is 3.95. The molecule has 1 aliphatic rings. The normalized spacial score (nSPS) is 16.2. The topological polar surface area (TPSA) is 76.0 Å². The average Bonchev–Trinajstić information content (AvgIpc) is 2.69. The third kappa shape index (κ3) is 6.95. The van der Waals surface area contributed by atoms with Crippen molar-refractivity contribution in [3.05, 3.63) is 29.8 Å². The van der Waals surface area contributed by atoms with Gasteiger partial charge in [0, 0.05) is 18.4 Å². The zero-order valence-corrected chi connectivity index (χ0v) is 17.6. The number of carbonyl (C=O) groups excluding carboxylic acids is 2. The van der Waals surface area contributed by atoms with Gasteiger partial charge >= 0.3 is 0 Å². The van der Waals surface area contributed by atoms with Crippen LogP contribution in [0, 0.1) is 0 Å². The van der Waals surface area contributed by atoms with Gasteiger partial charge in [0.05, 0.1) is 5.69 Å². The van der Waals surface area contributed by atoms with Crippen molar-refractivity contribution in [3.8, 4) is 0 Å². The minimum Gasteiger partial charge on any atom is -0.297 e. The van der Waals surface area contributed by atoms with E-state index < -0.39 is 17.1 Å². The molecule has 1 aromatic rings. The van der Waals surface area contributed by atoms with E-state index in [-0.39, 0.29) is 11.7 Å². The Morgan fingerprint density at radius 3 is 2.82 bits per heavy atom. The Morgan fingerprint density at radius 2 is 2.07 bits per heavy atom. The molecule has 0 saturated heterocycles. The fraction of sp³-hybridized carbons (Fsp3) is 0.571. The van der Waals surface area contributed by atoms with E-state index in [1.54, 1.807) is 6.21 Å². The molecule has 2 atom stereocenters. The molecule has 7 heteroatoms. The summed E-state index contributed by atoms with van der Waals surface area (Å²) in [6.07, 6.45) is 7.03. The molecule has 0 bridgehead atoms. The minimum absolute atomic E-state index is 0.146. The van der Waals surface area contributed by atoms with Crippen LogP contribution in [0.3, 0.4) is 0 Å². The van der Waals surface area contributed by atoms with Gasteiger partial charge in [0.2, 0.25) is 0 Å². The van der Waals surface area contributed by atoms with Gasteiger partial charge in [-0.2, -0.15) is 5.06 Å². The van der Waals surface area contributed by atoms with E-state index in [2.05, 4.69) is 11.3 Å². The van der Waals surface area contributed by atoms with Gasteiger partial charge in [-0.3, -0.25) is 14.4 Å². The second-order valence-electron chi connectivity index (χ2n) is 6.97. The molecule has 0 radical (unpaired) electrons. The van der Waals surface area contributed by atoms with Gasteiger partial charge < -0.3 is 0 Å². The Balaban J connectivity index is 1.87. The molecule has 1 heterocycles. The van der Waals surface area contributed by atoms with Crippen molar-refractivity contribution in [2.45, 2.75) is 71.3 Å². The van der Waals surface area contributed by atoms with Gasteiger partial charge in [-0.05, 0) is 44.2 Å². The van der Waals surface area contributed by atoms with Gasteiger partial charge in [0.15, 0.2) is 5.78 Å². The first-order valence-electron chi connectivity index (χ1n) is 10.0. The lowest BCUT2D eigenvalue weighted by molar-refractivity contribution is -0.137. The summed E-state index contributed by atoms with van der Waals surface area (Å²) in [4.78, 5) is 30.1. The van der Waals surface area contributed by atoms with Gasteiger partial charge in [0.25, 0.3) is 5.91 Å². The van der Waals surface area contributed by atoms with Crippen molar-refractivity contribution in [3.63, 3.8) is 0 Å². The maximum atomic E-state index is 12.3. The molecular formula is C21H30N2O4S. The number of hydrogen-bond acceptors (Lipinski definition) is 4. The molecule has 1 aliphatic heterocycles. The third-order valence-corrected chi connectivity index (χ3v) is 5.68. The smallest absolute Gasteiger partial charge is 0.251 e. The van der Waals surface area contributed by atoms with Crippen molar-refractivity contribution in [1.29, 1.82) is 0 Å². The lowest BCUT2D eigenvalue weighted by Gasteiger charge is -2.30. The molecule has 0 aromatic heterocycles. The Kier molecular flexibility index (Phi) is 9.50. The largest absolute Gasteiger partial charge is 0.297 e. The maximum Gasteiger partial charge on any atom is 0.251 e. The molecule has 0 aliphatic carbocycles. The molecule has 2 unspecified atom stereocenters. The first-order chi connectivity index (χ1) is 13.5. The zero-order chi connectivity index (χ0) is 20.4. The third-order valence-electron chi connectivity index (χ3n) is 4.65. The summed E-state index contributed by atoms with van der Waals surface area (Å²) >= 11 is 0. The summed E-state index contributed by atoms with van der Waals surface area (Å²) in [6, 6.07) is 7.56. The Hall–Kier alpha value is -1.86. The lowest BCUT2D eigenvalue weighted by atomic mass is 10.0. The predicted molar refractivity (Wildman–Crippen MR) is 113 cm³/mol. The number of ketones is 1. The van der Waals surface area contributed by atoms with Crippen LogP contribution in [0.2, 0.25) is 0 Å². The van der Waals surface area contributed by atoms with E-state index in [4.69, 9.17) is 4.84 Å². The molecule has 6 nitrogen and oxygen atoms in total. The van der Waals surface area contributed by atoms with Crippen molar-refractivity contribution >= 4 is 34.6 Å². The lowest BCUT2D eigenvalue weighted by Crippen LogP contribution is -2.40. The quantitative estimate of drug-likeness (QED) is 0.389. The summed E-state index contributed by atoms with van der Waals surface area (Å²) in [6.45, 7) is 3.59. The summed E-state index contributed by atoms with van der Waals surface area (Å²) in [5, 5.41) is 1.26. The number of hydrogen-bond donors (Lipinski definition) is 0. The van der Waals surface area contributed by atoms with E-state index in [0.717, 1.165) is 31.2 Å². The highest BCUT2D eigenvalue weighted by atomic mass is 32.2. The van der Waals surface area contributed by atoms with Crippen LogP contribution < -0.4 is 5.06 Å². The summed E-state index contributed by atoms with van der Waals surface area (Å²) in [5.74, 6) is 0.277. The fourth-order valence-electron chi connectivity index (χ4n) is 3.04. The van der Waals surface area contributed by atoms with Crippen LogP contribution in [0.15, 0.2) is 28.7 Å². The zero-order valence-electron chi connectivity index (χ0n) is 16.8. The van der Waals surface area contributed by atoms with Crippen LogP contribution in [0.4, 0.5) is 5.69 Å². The number of amides is 1. The number of fused-ring (bicyclic) bond motifs is 1. The number of hydroxylamine groups is 1. The Bertz CT molecular complexity index is 720. The van der Waals surface area contributed by atoms with E-state index in [0.29, 0.717) is 37.1 Å². The minimum atomic E-state index is -1.21. The maximum absolute atomic E-state index is 12.3. The van der Waals surface area contributed by atoms with Crippen LogP contribution in [0.1, 0.15) is 64.4 Å². The number of carbonyl (C=O) groups is 2. The highest BCUT2D eigenvalue weighted by Crippen LogP contribution is 2.28. The van der Waals surface area contributed by atoms with E-state index >= 15 is 0 Å². The van der Waals surface area contributed by atoms with Gasteiger partial charge in [-0.1, -0.05) is 44.4 Å². The molecule has 0 spiro atoms. The molecule has 154 valence electrons. The second kappa shape index (κ2) is 11.9. The number of nitrogens with zero attached hydrogens (tertiary/aromatic N) is 2. The van der Waals surface area contributed by atoms with Gasteiger partial charge in [-0.25, -0.2) is 8.61 Å². The SMILES string of the molecule is CCCCCCS(=O)/N=C/CCC(ON1C(=O)CCc2ccccc21)C(C)=O. The number of rotatable bonds is 12. The number of para-hydroxylation sites is 1. The first kappa shape index (κ1) is 22.4. The van der Waals surface area contributed by atoms with Crippen molar-refractivity contribution in [1.82, 2.24) is 0 Å². The number of benzene rings is 1. The van der Waals surface area contributed by atoms with E-state index in [1.165, 1.54) is 12.0 Å². The molecular weight excluding hydrogens is 376 g/mol. The van der Waals surface area contributed by atoms with Crippen LogP contribution in [-0.4, -0.2) is 34.0 Å². The van der Waals surface area contributed by atoms with Gasteiger partial charge in [0.1, 0.15) is 17.1 Å². The second-order valence-corrected chi connectivity index (χ2v) is 8.24.